The lowest BCUT2D eigenvalue weighted by atomic mass is 9.83. The lowest BCUT2D eigenvalue weighted by Gasteiger charge is -2.38. The number of halogens is 2. The van der Waals surface area contributed by atoms with Gasteiger partial charge in [-0.3, -0.25) is 4.90 Å². The zero-order valence-electron chi connectivity index (χ0n) is 26.0. The maximum absolute atomic E-state index is 15.1. The summed E-state index contributed by atoms with van der Waals surface area (Å²) in [5.41, 5.74) is 1.69. The molecule has 0 spiro atoms. The largest absolute Gasteiger partial charge is 0.492 e. The van der Waals surface area contributed by atoms with Crippen LogP contribution in [0.25, 0.3) is 0 Å². The number of nitrogens with zero attached hydrogens (tertiary/aromatic N) is 4. The van der Waals surface area contributed by atoms with Crippen molar-refractivity contribution < 1.29 is 18.3 Å². The Balaban J connectivity index is 1.13. The Kier molecular flexibility index (Phi) is 11.8. The van der Waals surface area contributed by atoms with Crippen LogP contribution in [0.4, 0.5) is 14.5 Å². The zero-order valence-corrected chi connectivity index (χ0v) is 26.0. The number of benzene rings is 2. The summed E-state index contributed by atoms with van der Waals surface area (Å²) in [7, 11) is 0. The number of anilines is 1. The molecule has 2 aromatic carbocycles. The number of aromatic nitrogens is 3. The molecule has 1 N–H and O–H groups in total. The first-order valence-corrected chi connectivity index (χ1v) is 16.3. The lowest BCUT2D eigenvalue weighted by Crippen LogP contribution is -2.39. The number of likely N-dealkylation sites (tertiary alicyclic amines) is 1. The van der Waals surface area contributed by atoms with Crippen LogP contribution < -0.4 is 10.1 Å². The van der Waals surface area contributed by atoms with Crippen molar-refractivity contribution in [2.75, 3.05) is 38.2 Å². The quantitative estimate of drug-likeness (QED) is 0.181. The van der Waals surface area contributed by atoms with E-state index in [-0.39, 0.29) is 0 Å². The first-order valence-electron chi connectivity index (χ1n) is 16.3. The van der Waals surface area contributed by atoms with E-state index in [4.69, 9.17) is 9.47 Å². The molecule has 0 saturated carbocycles. The molecule has 2 aliphatic rings. The van der Waals surface area contributed by atoms with Gasteiger partial charge in [0.2, 0.25) is 0 Å². The predicted octanol–water partition coefficient (Wildman–Crippen LogP) is 7.50. The minimum atomic E-state index is -0.979. The minimum absolute atomic E-state index is 0.297. The number of rotatable bonds is 15. The van der Waals surface area contributed by atoms with Crippen LogP contribution in [0, 0.1) is 11.6 Å². The molecular formula is C35H47F2N5O2. The van der Waals surface area contributed by atoms with E-state index in [0.717, 1.165) is 62.8 Å². The maximum Gasteiger partial charge on any atom is 0.137 e. The predicted molar refractivity (Wildman–Crippen MR) is 170 cm³/mol. The van der Waals surface area contributed by atoms with Crippen molar-refractivity contribution in [2.45, 2.75) is 89.3 Å². The lowest BCUT2D eigenvalue weighted by molar-refractivity contribution is -0.0631. The highest BCUT2D eigenvalue weighted by Crippen LogP contribution is 2.40. The van der Waals surface area contributed by atoms with E-state index in [0.29, 0.717) is 31.2 Å². The fourth-order valence-electron chi connectivity index (χ4n) is 6.54. The molecule has 1 saturated heterocycles. The Morgan fingerprint density at radius 1 is 1.05 bits per heavy atom. The Hall–Kier alpha value is -3.30. The second kappa shape index (κ2) is 16.1. The smallest absolute Gasteiger partial charge is 0.137 e. The number of nitrogens with one attached hydrogen (secondary N) is 1. The van der Waals surface area contributed by atoms with Gasteiger partial charge in [-0.2, -0.15) is 5.10 Å². The topological polar surface area (TPSA) is 64.4 Å². The second-order valence-corrected chi connectivity index (χ2v) is 12.2. The van der Waals surface area contributed by atoms with Crippen LogP contribution in [0.15, 0.2) is 66.8 Å². The third kappa shape index (κ3) is 9.11. The third-order valence-electron chi connectivity index (χ3n) is 8.84. The SMILES string of the molecule is CCCC(CCCC1=CCOC(Cn2cncn2)(c2ccc(F)cc2F)C1)Nc1ccc(OCCN2CCCCCC2)cc1. The number of ether oxygens (including phenoxy) is 2. The van der Waals surface area contributed by atoms with Crippen LogP contribution >= 0.6 is 0 Å². The van der Waals surface area contributed by atoms with Crippen molar-refractivity contribution in [1.29, 1.82) is 0 Å². The van der Waals surface area contributed by atoms with Crippen molar-refractivity contribution in [1.82, 2.24) is 19.7 Å². The van der Waals surface area contributed by atoms with Gasteiger partial charge >= 0.3 is 0 Å². The summed E-state index contributed by atoms with van der Waals surface area (Å²) in [4.78, 5) is 6.56. The molecular weight excluding hydrogens is 560 g/mol. The molecule has 44 heavy (non-hydrogen) atoms. The summed E-state index contributed by atoms with van der Waals surface area (Å²) in [6.45, 7) is 6.96. The first-order chi connectivity index (χ1) is 21.5. The summed E-state index contributed by atoms with van der Waals surface area (Å²) >= 11 is 0. The van der Waals surface area contributed by atoms with Gasteiger partial charge in [-0.1, -0.05) is 43.9 Å². The molecule has 0 amide bonds. The van der Waals surface area contributed by atoms with E-state index in [1.54, 1.807) is 11.0 Å². The van der Waals surface area contributed by atoms with Crippen LogP contribution in [0.1, 0.15) is 76.7 Å². The molecule has 1 fully saturated rings. The van der Waals surface area contributed by atoms with E-state index in [1.807, 2.05) is 0 Å². The van der Waals surface area contributed by atoms with Gasteiger partial charge in [0.25, 0.3) is 0 Å². The maximum atomic E-state index is 15.1. The van der Waals surface area contributed by atoms with E-state index in [9.17, 15) is 4.39 Å². The van der Waals surface area contributed by atoms with Gasteiger partial charge in [-0.25, -0.2) is 18.4 Å². The Bertz CT molecular complexity index is 1310. The van der Waals surface area contributed by atoms with Crippen LogP contribution in [0.5, 0.6) is 5.75 Å². The van der Waals surface area contributed by atoms with Gasteiger partial charge in [0.1, 0.15) is 42.2 Å². The Morgan fingerprint density at radius 2 is 1.86 bits per heavy atom. The molecule has 1 aromatic heterocycles. The van der Waals surface area contributed by atoms with Crippen LogP contribution in [-0.4, -0.2) is 58.6 Å². The van der Waals surface area contributed by atoms with E-state index >= 15 is 4.39 Å². The molecule has 238 valence electrons. The van der Waals surface area contributed by atoms with Gasteiger partial charge < -0.3 is 14.8 Å². The van der Waals surface area contributed by atoms with Crippen LogP contribution in [0.3, 0.4) is 0 Å². The summed E-state index contributed by atoms with van der Waals surface area (Å²) in [5, 5.41) is 7.97. The molecule has 7 nitrogen and oxygen atoms in total. The average molecular weight is 608 g/mol. The van der Waals surface area contributed by atoms with E-state index < -0.39 is 17.2 Å². The zero-order chi connectivity index (χ0) is 30.6. The van der Waals surface area contributed by atoms with Gasteiger partial charge in [-0.15, -0.1) is 0 Å². The number of hydrogen-bond acceptors (Lipinski definition) is 6. The van der Waals surface area contributed by atoms with Crippen LogP contribution in [-0.2, 0) is 16.9 Å². The molecule has 2 unspecified atom stereocenters. The Labute approximate surface area is 260 Å². The van der Waals surface area contributed by atoms with E-state index in [1.165, 1.54) is 62.8 Å². The highest BCUT2D eigenvalue weighted by Gasteiger charge is 2.39. The summed E-state index contributed by atoms with van der Waals surface area (Å²) in [5.74, 6) is -0.295. The fourth-order valence-corrected chi connectivity index (χ4v) is 6.54. The van der Waals surface area contributed by atoms with Gasteiger partial charge in [-0.05, 0) is 81.9 Å². The molecule has 0 aliphatic carbocycles. The Morgan fingerprint density at radius 3 is 2.59 bits per heavy atom. The summed E-state index contributed by atoms with van der Waals surface area (Å²) < 4.78 is 42.8. The molecule has 2 aliphatic heterocycles. The highest BCUT2D eigenvalue weighted by atomic mass is 19.1. The summed E-state index contributed by atoms with van der Waals surface area (Å²) in [6, 6.07) is 12.4. The third-order valence-corrected chi connectivity index (χ3v) is 8.84. The first kappa shape index (κ1) is 32.1. The fraction of sp³-hybridized carbons (Fsp3) is 0.543. The standard InChI is InChI=1S/C35H47F2N5O2/c1-2-8-30(40-31-12-14-32(15-13-31)43-22-20-41-18-5-3-4-6-19-41)10-7-9-28-17-21-44-35(24-28,25-42-27-38-26-39-42)33-16-11-29(36)23-34(33)37/h11-17,23,26-27,30,40H,2-10,18-22,24-25H2,1H3. The number of hydrogen-bond donors (Lipinski definition) is 1. The normalized spacial score (nSPS) is 20.1. The van der Waals surface area contributed by atoms with Gasteiger partial charge in [0.05, 0.1) is 13.2 Å². The van der Waals surface area contributed by atoms with Gasteiger partial charge in [0, 0.05) is 36.3 Å². The van der Waals surface area contributed by atoms with Crippen molar-refractivity contribution in [2.24, 2.45) is 0 Å². The van der Waals surface area contributed by atoms with Crippen LogP contribution in [0.2, 0.25) is 0 Å². The van der Waals surface area contributed by atoms with Crippen molar-refractivity contribution in [3.8, 4) is 5.75 Å². The minimum Gasteiger partial charge on any atom is -0.492 e. The average Bonchev–Trinajstić information content (AvgIpc) is 3.38. The molecule has 0 radical (unpaired) electrons. The van der Waals surface area contributed by atoms with Crippen molar-refractivity contribution in [3.63, 3.8) is 0 Å². The highest BCUT2D eigenvalue weighted by molar-refractivity contribution is 5.47. The van der Waals surface area contributed by atoms with Crippen molar-refractivity contribution in [3.05, 3.63) is 84.0 Å². The molecule has 2 atom stereocenters. The molecule has 0 bridgehead atoms. The van der Waals surface area contributed by atoms with E-state index in [2.05, 4.69) is 57.6 Å². The monoisotopic (exact) mass is 607 g/mol. The molecule has 5 rings (SSSR count). The van der Waals surface area contributed by atoms with Crippen molar-refractivity contribution >= 4 is 5.69 Å². The molecule has 3 aromatic rings. The van der Waals surface area contributed by atoms with Gasteiger partial charge in [0.15, 0.2) is 0 Å². The second-order valence-electron chi connectivity index (χ2n) is 12.2. The molecule has 9 heteroatoms. The molecule has 3 heterocycles. The summed E-state index contributed by atoms with van der Waals surface area (Å²) in [6.07, 6.45) is 16.0.